The van der Waals surface area contributed by atoms with Crippen LogP contribution in [-0.2, 0) is 0 Å². The number of hydrazine groups is 1. The second-order valence-corrected chi connectivity index (χ2v) is 7.83. The van der Waals surface area contributed by atoms with Crippen LogP contribution in [0.3, 0.4) is 0 Å². The van der Waals surface area contributed by atoms with Crippen molar-refractivity contribution >= 4 is 33.8 Å². The lowest BCUT2D eigenvalue weighted by atomic mass is 9.97. The van der Waals surface area contributed by atoms with E-state index >= 15 is 0 Å². The number of halogens is 3. The number of hydrogen-bond donors (Lipinski definition) is 2. The topological polar surface area (TPSA) is 108 Å². The van der Waals surface area contributed by atoms with E-state index < -0.39 is 24.2 Å². The molecule has 4 N–H and O–H groups in total. The molecule has 0 radical (unpaired) electrons. The molecule has 0 saturated heterocycles. The molecule has 170 valence electrons. The molecular formula is C23H22F3N7. The third-order valence-electron chi connectivity index (χ3n) is 4.73. The SMILES string of the molecule is CN(N)c1c(N)nc(N(CC(F)F)c2ccnc(C#CC(C)(C)C#N)c2)c2c(F)cccc12. The quantitative estimate of drug-likeness (QED) is 0.342. The fourth-order valence-corrected chi connectivity index (χ4v) is 3.23. The highest BCUT2D eigenvalue weighted by molar-refractivity contribution is 6.05. The average Bonchev–Trinajstić information content (AvgIpc) is 2.75. The van der Waals surface area contributed by atoms with E-state index in [-0.39, 0.29) is 34.1 Å². The molecule has 10 heteroatoms. The van der Waals surface area contributed by atoms with Crippen molar-refractivity contribution < 1.29 is 13.2 Å². The first-order valence-corrected chi connectivity index (χ1v) is 9.86. The molecule has 0 bridgehead atoms. The molecule has 0 aliphatic heterocycles. The lowest BCUT2D eigenvalue weighted by Gasteiger charge is -2.27. The largest absolute Gasteiger partial charge is 0.382 e. The van der Waals surface area contributed by atoms with Crippen molar-refractivity contribution in [3.8, 4) is 17.9 Å². The lowest BCUT2D eigenvalue weighted by molar-refractivity contribution is 0.158. The first kappa shape index (κ1) is 23.6. The highest BCUT2D eigenvalue weighted by atomic mass is 19.3. The van der Waals surface area contributed by atoms with E-state index in [4.69, 9.17) is 16.8 Å². The van der Waals surface area contributed by atoms with Gasteiger partial charge in [-0.3, -0.25) is 0 Å². The zero-order chi connectivity index (χ0) is 24.3. The molecule has 0 aliphatic rings. The van der Waals surface area contributed by atoms with Crippen LogP contribution >= 0.6 is 0 Å². The van der Waals surface area contributed by atoms with Gasteiger partial charge in [0.1, 0.15) is 28.4 Å². The highest BCUT2D eigenvalue weighted by Crippen LogP contribution is 2.39. The van der Waals surface area contributed by atoms with Gasteiger partial charge in [0, 0.05) is 24.3 Å². The third kappa shape index (κ3) is 5.08. The summed E-state index contributed by atoms with van der Waals surface area (Å²) in [5.74, 6) is 10.6. The Kier molecular flexibility index (Phi) is 6.61. The van der Waals surface area contributed by atoms with Gasteiger partial charge in [-0.2, -0.15) is 5.26 Å². The van der Waals surface area contributed by atoms with Gasteiger partial charge in [0.05, 0.1) is 18.0 Å². The molecule has 7 nitrogen and oxygen atoms in total. The van der Waals surface area contributed by atoms with Crippen molar-refractivity contribution in [2.45, 2.75) is 20.3 Å². The van der Waals surface area contributed by atoms with Gasteiger partial charge in [0.25, 0.3) is 6.43 Å². The smallest absolute Gasteiger partial charge is 0.256 e. The summed E-state index contributed by atoms with van der Waals surface area (Å²) in [5.41, 5.74) is 5.96. The van der Waals surface area contributed by atoms with Crippen LogP contribution in [0.2, 0.25) is 0 Å². The normalized spacial score (nSPS) is 11.1. The predicted octanol–water partition coefficient (Wildman–Crippen LogP) is 3.97. The summed E-state index contributed by atoms with van der Waals surface area (Å²) in [6, 6.07) is 9.28. The maximum absolute atomic E-state index is 15.0. The summed E-state index contributed by atoms with van der Waals surface area (Å²) >= 11 is 0. The van der Waals surface area contributed by atoms with E-state index in [2.05, 4.69) is 27.9 Å². The van der Waals surface area contributed by atoms with Gasteiger partial charge in [0.15, 0.2) is 5.82 Å². The van der Waals surface area contributed by atoms with Crippen LogP contribution in [0.15, 0.2) is 36.5 Å². The second kappa shape index (κ2) is 9.23. The molecular weight excluding hydrogens is 431 g/mol. The second-order valence-electron chi connectivity index (χ2n) is 7.83. The number of nitriles is 1. The number of nitrogens with two attached hydrogens (primary N) is 2. The molecule has 0 amide bonds. The molecule has 0 aliphatic carbocycles. The first-order chi connectivity index (χ1) is 15.5. The van der Waals surface area contributed by atoms with Gasteiger partial charge < -0.3 is 15.6 Å². The van der Waals surface area contributed by atoms with Gasteiger partial charge in [-0.05, 0) is 38.0 Å². The molecule has 3 aromatic rings. The number of benzene rings is 1. The number of rotatable bonds is 5. The van der Waals surface area contributed by atoms with Crippen LogP contribution in [0.25, 0.3) is 10.8 Å². The monoisotopic (exact) mass is 453 g/mol. The number of nitrogens with zero attached hydrogens (tertiary/aromatic N) is 5. The van der Waals surface area contributed by atoms with Crippen molar-refractivity contribution in [1.82, 2.24) is 9.97 Å². The van der Waals surface area contributed by atoms with Crippen molar-refractivity contribution in [2.75, 3.05) is 29.2 Å². The van der Waals surface area contributed by atoms with Crippen molar-refractivity contribution in [3.05, 3.63) is 48.0 Å². The summed E-state index contributed by atoms with van der Waals surface area (Å²) in [5, 5.41) is 10.7. The number of nitrogen functional groups attached to an aromatic ring is 1. The lowest BCUT2D eigenvalue weighted by Crippen LogP contribution is -2.29. The number of fused-ring (bicyclic) bond motifs is 1. The van der Waals surface area contributed by atoms with Gasteiger partial charge in [0.2, 0.25) is 0 Å². The number of anilines is 4. The maximum Gasteiger partial charge on any atom is 0.256 e. The summed E-state index contributed by atoms with van der Waals surface area (Å²) in [7, 11) is 1.52. The molecule has 0 atom stereocenters. The van der Waals surface area contributed by atoms with Crippen molar-refractivity contribution in [3.63, 3.8) is 0 Å². The zero-order valence-electron chi connectivity index (χ0n) is 18.3. The van der Waals surface area contributed by atoms with E-state index in [9.17, 15) is 13.2 Å². The zero-order valence-corrected chi connectivity index (χ0v) is 18.3. The Hall–Kier alpha value is -4.02. The van der Waals surface area contributed by atoms with Crippen LogP contribution in [0.4, 0.5) is 36.2 Å². The van der Waals surface area contributed by atoms with Gasteiger partial charge >= 0.3 is 0 Å². The van der Waals surface area contributed by atoms with Gasteiger partial charge in [-0.1, -0.05) is 18.1 Å². The van der Waals surface area contributed by atoms with E-state index in [0.29, 0.717) is 5.39 Å². The minimum Gasteiger partial charge on any atom is -0.382 e. The standard InChI is InChI=1S/C23H22F3N7/c1-23(2,13-27)9-7-14-11-15(8-10-30-14)33(12-18(25)26)22-19-16(5-4-6-17(19)24)20(32(3)29)21(28)31-22/h4-6,8,10-11,18H,12,29H2,1-3H3,(H2,28,31). The molecule has 0 unspecified atom stereocenters. The average molecular weight is 453 g/mol. The Balaban J connectivity index is 2.25. The summed E-state index contributed by atoms with van der Waals surface area (Å²) in [6.45, 7) is 2.50. The highest BCUT2D eigenvalue weighted by Gasteiger charge is 2.24. The van der Waals surface area contributed by atoms with Crippen LogP contribution in [0, 0.1) is 34.4 Å². The number of hydrogen-bond acceptors (Lipinski definition) is 7. The van der Waals surface area contributed by atoms with Crippen LogP contribution in [0.1, 0.15) is 19.5 Å². The summed E-state index contributed by atoms with van der Waals surface area (Å²) < 4.78 is 42.2. The molecule has 1 aromatic carbocycles. The maximum atomic E-state index is 15.0. The Morgan fingerprint density at radius 2 is 1.97 bits per heavy atom. The molecule has 2 heterocycles. The summed E-state index contributed by atoms with van der Waals surface area (Å²) in [6.07, 6.45) is -1.38. The Morgan fingerprint density at radius 1 is 1.24 bits per heavy atom. The minimum atomic E-state index is -2.77. The molecule has 2 aromatic heterocycles. The molecule has 0 spiro atoms. The third-order valence-corrected chi connectivity index (χ3v) is 4.73. The van der Waals surface area contributed by atoms with Crippen LogP contribution in [-0.4, -0.2) is 30.0 Å². The van der Waals surface area contributed by atoms with E-state index in [1.54, 1.807) is 19.9 Å². The summed E-state index contributed by atoms with van der Waals surface area (Å²) in [4.78, 5) is 9.54. The Morgan fingerprint density at radius 3 is 2.61 bits per heavy atom. The molecule has 33 heavy (non-hydrogen) atoms. The van der Waals surface area contributed by atoms with Crippen LogP contribution in [0.5, 0.6) is 0 Å². The fourth-order valence-electron chi connectivity index (χ4n) is 3.23. The Labute approximate surface area is 189 Å². The number of alkyl halides is 2. The molecule has 3 rings (SSSR count). The van der Waals surface area contributed by atoms with Crippen LogP contribution < -0.4 is 21.5 Å². The number of pyridine rings is 2. The molecule has 0 saturated carbocycles. The van der Waals surface area contributed by atoms with Crippen molar-refractivity contribution in [2.24, 2.45) is 11.3 Å². The van der Waals surface area contributed by atoms with E-state index in [0.717, 1.165) is 4.90 Å². The minimum absolute atomic E-state index is 0.00490. The number of aromatic nitrogens is 2. The molecule has 0 fully saturated rings. The van der Waals surface area contributed by atoms with Crippen molar-refractivity contribution in [1.29, 1.82) is 5.26 Å². The van der Waals surface area contributed by atoms with Gasteiger partial charge in [-0.25, -0.2) is 29.0 Å². The first-order valence-electron chi connectivity index (χ1n) is 9.86. The van der Waals surface area contributed by atoms with E-state index in [1.165, 1.54) is 42.5 Å². The predicted molar refractivity (Wildman–Crippen MR) is 122 cm³/mol. The Bertz CT molecular complexity index is 1290. The van der Waals surface area contributed by atoms with Gasteiger partial charge in [-0.15, -0.1) is 0 Å². The fraction of sp³-hybridized carbons (Fsp3) is 0.261. The van der Waals surface area contributed by atoms with E-state index in [1.807, 2.05) is 0 Å².